The second-order valence-electron chi connectivity index (χ2n) is 14.0. The fourth-order valence-corrected chi connectivity index (χ4v) is 9.05. The first-order valence-corrected chi connectivity index (χ1v) is 18.0. The van der Waals surface area contributed by atoms with Gasteiger partial charge in [0, 0.05) is 10.9 Å². The zero-order chi connectivity index (χ0) is 34.2. The van der Waals surface area contributed by atoms with E-state index in [-0.39, 0.29) is 0 Å². The summed E-state index contributed by atoms with van der Waals surface area (Å²) in [6, 6.07) is 71.1. The average Bonchev–Trinajstić information content (AvgIpc) is 3.52. The van der Waals surface area contributed by atoms with Crippen LogP contribution in [0.2, 0.25) is 0 Å². The summed E-state index contributed by atoms with van der Waals surface area (Å²) in [5, 5.41) is 4.83. The van der Waals surface area contributed by atoms with Crippen molar-refractivity contribution >= 4 is 21.5 Å². The molecular formula is C51H32O. The molecular weight excluding hydrogens is 629 g/mol. The van der Waals surface area contributed by atoms with Crippen LogP contribution in [0.25, 0.3) is 66.1 Å². The first-order chi connectivity index (χ1) is 25.8. The molecule has 52 heavy (non-hydrogen) atoms. The molecule has 1 aliphatic carbocycles. The Morgan fingerprint density at radius 1 is 0.327 bits per heavy atom. The van der Waals surface area contributed by atoms with Crippen LogP contribution in [0.3, 0.4) is 0 Å². The molecule has 0 N–H and O–H groups in total. The topological polar surface area (TPSA) is 9.23 Å². The minimum atomic E-state index is -0.415. The van der Waals surface area contributed by atoms with Crippen LogP contribution in [0.15, 0.2) is 194 Å². The summed E-state index contributed by atoms with van der Waals surface area (Å²) < 4.78 is 6.37. The van der Waals surface area contributed by atoms with Crippen molar-refractivity contribution in [3.05, 3.63) is 216 Å². The number of hydrogen-bond donors (Lipinski definition) is 0. The highest BCUT2D eigenvalue weighted by atomic mass is 16.5. The van der Waals surface area contributed by atoms with E-state index in [0.29, 0.717) is 0 Å². The van der Waals surface area contributed by atoms with Crippen LogP contribution in [-0.4, -0.2) is 0 Å². The molecule has 1 heteroatoms. The molecule has 9 aromatic carbocycles. The summed E-state index contributed by atoms with van der Waals surface area (Å²) in [7, 11) is 0. The van der Waals surface area contributed by atoms with Gasteiger partial charge in [0.05, 0.1) is 5.41 Å². The molecule has 0 amide bonds. The van der Waals surface area contributed by atoms with E-state index in [9.17, 15) is 0 Å². The van der Waals surface area contributed by atoms with Crippen molar-refractivity contribution < 1.29 is 4.74 Å². The van der Waals surface area contributed by atoms with Gasteiger partial charge in [-0.1, -0.05) is 164 Å². The van der Waals surface area contributed by atoms with Gasteiger partial charge in [-0.15, -0.1) is 0 Å². The smallest absolute Gasteiger partial charge is 0.135 e. The van der Waals surface area contributed by atoms with Crippen LogP contribution in [-0.2, 0) is 5.41 Å². The SMILES string of the molecule is c1ccc(C2(c3ccccc3)c3ccccc3-c3ccc(-c4ccc5cc(-c6ccc7c8c(cccc68)-c6ccccc6O7)ccc5c4)cc32)cc1. The van der Waals surface area contributed by atoms with E-state index in [2.05, 4.69) is 182 Å². The predicted molar refractivity (Wildman–Crippen MR) is 215 cm³/mol. The van der Waals surface area contributed by atoms with Gasteiger partial charge in [-0.3, -0.25) is 0 Å². The number of hydrogen-bond acceptors (Lipinski definition) is 1. The van der Waals surface area contributed by atoms with Gasteiger partial charge >= 0.3 is 0 Å². The molecule has 0 radical (unpaired) electrons. The van der Waals surface area contributed by atoms with E-state index in [1.54, 1.807) is 0 Å². The molecule has 0 bridgehead atoms. The lowest BCUT2D eigenvalue weighted by Gasteiger charge is -2.34. The monoisotopic (exact) mass is 660 g/mol. The number of rotatable bonds is 4. The van der Waals surface area contributed by atoms with Crippen LogP contribution in [0.1, 0.15) is 22.3 Å². The summed E-state index contributed by atoms with van der Waals surface area (Å²) in [6.45, 7) is 0. The summed E-state index contributed by atoms with van der Waals surface area (Å²) in [6.07, 6.45) is 0. The third-order valence-corrected chi connectivity index (χ3v) is 11.3. The van der Waals surface area contributed by atoms with Crippen molar-refractivity contribution in [2.75, 3.05) is 0 Å². The van der Waals surface area contributed by atoms with Crippen LogP contribution < -0.4 is 4.74 Å². The number of benzene rings is 9. The third kappa shape index (κ3) is 4.11. The van der Waals surface area contributed by atoms with Gasteiger partial charge in [-0.2, -0.15) is 0 Å². The number of para-hydroxylation sites is 1. The standard InChI is InChI=1S/C51H32O/c1-3-12-38(13-4-1)51(39-14-5-2-6-15-39)46-20-9-7-16-41(46)42-27-26-36(32-47(42)51)34-22-23-35-31-37(25-24-33(35)30-34)40-28-29-49-50-44(40)18-11-19-45(50)43-17-8-10-21-48(43)52-49/h1-32H. The van der Waals surface area contributed by atoms with E-state index in [0.717, 1.165) is 17.1 Å². The Labute approximate surface area is 303 Å². The molecule has 0 aromatic heterocycles. The van der Waals surface area contributed by atoms with Crippen LogP contribution in [0.4, 0.5) is 0 Å². The summed E-state index contributed by atoms with van der Waals surface area (Å²) in [4.78, 5) is 0. The summed E-state index contributed by atoms with van der Waals surface area (Å²) in [5.74, 6) is 1.83. The van der Waals surface area contributed by atoms with Crippen molar-refractivity contribution in [1.82, 2.24) is 0 Å². The highest BCUT2D eigenvalue weighted by Gasteiger charge is 2.46. The molecule has 1 aliphatic heterocycles. The minimum Gasteiger partial charge on any atom is -0.456 e. The lowest BCUT2D eigenvalue weighted by atomic mass is 9.67. The van der Waals surface area contributed by atoms with Crippen LogP contribution >= 0.6 is 0 Å². The second kappa shape index (κ2) is 11.2. The summed E-state index contributed by atoms with van der Waals surface area (Å²) >= 11 is 0. The second-order valence-corrected chi connectivity index (χ2v) is 14.0. The molecule has 0 unspecified atom stereocenters. The van der Waals surface area contributed by atoms with Crippen molar-refractivity contribution in [1.29, 1.82) is 0 Å². The average molecular weight is 661 g/mol. The Hall–Kier alpha value is -6.70. The van der Waals surface area contributed by atoms with Gasteiger partial charge in [-0.05, 0) is 108 Å². The highest BCUT2D eigenvalue weighted by molar-refractivity contribution is 6.10. The van der Waals surface area contributed by atoms with Gasteiger partial charge in [0.15, 0.2) is 0 Å². The zero-order valence-electron chi connectivity index (χ0n) is 28.4. The molecule has 9 aromatic rings. The molecule has 0 saturated heterocycles. The molecule has 0 atom stereocenters. The van der Waals surface area contributed by atoms with Gasteiger partial charge in [0.2, 0.25) is 0 Å². The maximum atomic E-state index is 6.37. The van der Waals surface area contributed by atoms with Gasteiger partial charge in [0.25, 0.3) is 0 Å². The van der Waals surface area contributed by atoms with E-state index in [1.807, 2.05) is 12.1 Å². The fourth-order valence-electron chi connectivity index (χ4n) is 9.05. The van der Waals surface area contributed by atoms with E-state index < -0.39 is 5.41 Å². The molecule has 11 rings (SSSR count). The van der Waals surface area contributed by atoms with Crippen molar-refractivity contribution in [2.45, 2.75) is 5.41 Å². The lowest BCUT2D eigenvalue weighted by molar-refractivity contribution is 0.487. The van der Waals surface area contributed by atoms with Gasteiger partial charge in [-0.25, -0.2) is 0 Å². The Morgan fingerprint density at radius 2 is 0.904 bits per heavy atom. The van der Waals surface area contributed by atoms with Crippen molar-refractivity contribution in [3.8, 4) is 56.0 Å². The van der Waals surface area contributed by atoms with Crippen molar-refractivity contribution in [3.63, 3.8) is 0 Å². The highest BCUT2D eigenvalue weighted by Crippen LogP contribution is 2.57. The Balaban J connectivity index is 1.04. The Kier molecular flexibility index (Phi) is 6.23. The van der Waals surface area contributed by atoms with Gasteiger partial charge < -0.3 is 4.74 Å². The third-order valence-electron chi connectivity index (χ3n) is 11.3. The summed E-state index contributed by atoms with van der Waals surface area (Å²) in [5.41, 5.74) is 14.6. The Bertz CT molecular complexity index is 2830. The maximum Gasteiger partial charge on any atom is 0.135 e. The molecule has 242 valence electrons. The fraction of sp³-hybridized carbons (Fsp3) is 0.0196. The first kappa shape index (κ1) is 29.1. The molecule has 2 aliphatic rings. The van der Waals surface area contributed by atoms with E-state index in [1.165, 1.54) is 82.7 Å². The van der Waals surface area contributed by atoms with Gasteiger partial charge in [0.1, 0.15) is 11.5 Å². The molecule has 0 fully saturated rings. The quantitative estimate of drug-likeness (QED) is 0.183. The maximum absolute atomic E-state index is 6.37. The predicted octanol–water partition coefficient (Wildman–Crippen LogP) is 13.5. The molecule has 0 spiro atoms. The minimum absolute atomic E-state index is 0.415. The van der Waals surface area contributed by atoms with E-state index in [4.69, 9.17) is 4.74 Å². The van der Waals surface area contributed by atoms with Crippen molar-refractivity contribution in [2.24, 2.45) is 0 Å². The largest absolute Gasteiger partial charge is 0.456 e. The lowest BCUT2D eigenvalue weighted by Crippen LogP contribution is -2.28. The number of fused-ring (bicyclic) bond motifs is 6. The molecule has 1 heterocycles. The molecule has 1 nitrogen and oxygen atoms in total. The first-order valence-electron chi connectivity index (χ1n) is 18.0. The zero-order valence-corrected chi connectivity index (χ0v) is 28.4. The number of ether oxygens (including phenoxy) is 1. The molecule has 0 saturated carbocycles. The van der Waals surface area contributed by atoms with Crippen LogP contribution in [0.5, 0.6) is 11.5 Å². The normalized spacial score (nSPS) is 13.3. The Morgan fingerprint density at radius 3 is 1.69 bits per heavy atom. The van der Waals surface area contributed by atoms with E-state index >= 15 is 0 Å². The van der Waals surface area contributed by atoms with Crippen LogP contribution in [0, 0.1) is 0 Å².